The second kappa shape index (κ2) is 11.2. The minimum Gasteiger partial charge on any atom is -0.496 e. The minimum absolute atomic E-state index is 0.199. The Hall–Kier alpha value is -3.61. The van der Waals surface area contributed by atoms with Crippen molar-refractivity contribution in [1.29, 1.82) is 0 Å². The van der Waals surface area contributed by atoms with Crippen molar-refractivity contribution < 1.29 is 9.47 Å². The van der Waals surface area contributed by atoms with Crippen LogP contribution in [0, 0.1) is 6.92 Å². The van der Waals surface area contributed by atoms with Crippen LogP contribution in [0.5, 0.6) is 11.5 Å². The fraction of sp³-hybridized carbons (Fsp3) is 0.207. The molecule has 190 valence electrons. The molecule has 0 spiro atoms. The molecule has 0 bridgehead atoms. The Balaban J connectivity index is 1.92. The average Bonchev–Trinajstić information content (AvgIpc) is 2.87. The molecule has 0 fully saturated rings. The summed E-state index contributed by atoms with van der Waals surface area (Å²) in [6.45, 7) is 10.0. The van der Waals surface area contributed by atoms with Gasteiger partial charge in [-0.2, -0.15) is 9.78 Å². The number of rotatable bonds is 8. The minimum atomic E-state index is -0.290. The van der Waals surface area contributed by atoms with E-state index in [0.717, 1.165) is 22.4 Å². The number of hydrogen-bond acceptors (Lipinski definition) is 5. The maximum Gasteiger partial charge on any atom is 0.282 e. The van der Waals surface area contributed by atoms with Gasteiger partial charge in [0.1, 0.15) is 12.4 Å². The van der Waals surface area contributed by atoms with E-state index in [1.807, 2.05) is 31.2 Å². The summed E-state index contributed by atoms with van der Waals surface area (Å²) in [4.78, 5) is 18.5. The van der Waals surface area contributed by atoms with Crippen LogP contribution in [0.15, 0.2) is 71.1 Å². The second-order valence-corrected chi connectivity index (χ2v) is 9.61. The first-order valence-electron chi connectivity index (χ1n) is 11.7. The highest BCUT2D eigenvalue weighted by atomic mass is 35.5. The highest BCUT2D eigenvalue weighted by Crippen LogP contribution is 2.35. The van der Waals surface area contributed by atoms with Crippen LogP contribution >= 0.6 is 23.2 Å². The van der Waals surface area contributed by atoms with Crippen LogP contribution in [0.4, 0.5) is 0 Å². The maximum atomic E-state index is 13.6. The van der Waals surface area contributed by atoms with Crippen LogP contribution in [0.1, 0.15) is 36.5 Å². The lowest BCUT2D eigenvalue weighted by Crippen LogP contribution is -2.20. The van der Waals surface area contributed by atoms with Crippen LogP contribution in [-0.4, -0.2) is 29.6 Å². The first-order chi connectivity index (χ1) is 17.7. The molecule has 0 atom stereocenters. The van der Waals surface area contributed by atoms with Gasteiger partial charge in [0.15, 0.2) is 11.6 Å². The number of nitrogens with zero attached hydrogens (tertiary/aromatic N) is 3. The van der Waals surface area contributed by atoms with Crippen molar-refractivity contribution in [2.45, 2.75) is 26.7 Å². The molecule has 0 aliphatic carbocycles. The zero-order chi connectivity index (χ0) is 26.7. The van der Waals surface area contributed by atoms with Gasteiger partial charge in [0.2, 0.25) is 0 Å². The number of halogens is 2. The molecule has 37 heavy (non-hydrogen) atoms. The molecule has 1 heterocycles. The summed E-state index contributed by atoms with van der Waals surface area (Å²) in [5.41, 5.74) is 3.60. The monoisotopic (exact) mass is 535 g/mol. The molecule has 0 amide bonds. The van der Waals surface area contributed by atoms with Crippen molar-refractivity contribution in [2.75, 3.05) is 13.7 Å². The third kappa shape index (κ3) is 5.41. The van der Waals surface area contributed by atoms with Gasteiger partial charge in [-0.15, -0.1) is 0 Å². The van der Waals surface area contributed by atoms with Gasteiger partial charge in [-0.3, -0.25) is 4.79 Å². The molecule has 0 aliphatic rings. The topological polar surface area (TPSA) is 65.7 Å². The van der Waals surface area contributed by atoms with Crippen LogP contribution in [0.3, 0.4) is 0 Å². The Morgan fingerprint density at radius 1 is 1.14 bits per heavy atom. The molecule has 0 radical (unpaired) electrons. The Bertz CT molecular complexity index is 1550. The number of aryl methyl sites for hydroxylation is 1. The van der Waals surface area contributed by atoms with E-state index in [-0.39, 0.29) is 18.1 Å². The van der Waals surface area contributed by atoms with Crippen LogP contribution in [0.2, 0.25) is 10.0 Å². The number of para-hydroxylation sites is 1. The van der Waals surface area contributed by atoms with E-state index in [2.05, 4.69) is 25.5 Å². The lowest BCUT2D eigenvalue weighted by atomic mass is 9.96. The van der Waals surface area contributed by atoms with E-state index in [9.17, 15) is 4.79 Å². The van der Waals surface area contributed by atoms with Gasteiger partial charge in [-0.25, -0.2) is 4.98 Å². The lowest BCUT2D eigenvalue weighted by molar-refractivity contribution is 0.363. The molecule has 6 nitrogen and oxygen atoms in total. The third-order valence-corrected chi connectivity index (χ3v) is 6.44. The van der Waals surface area contributed by atoms with E-state index in [1.54, 1.807) is 37.5 Å². The number of aromatic nitrogens is 2. The second-order valence-electron chi connectivity index (χ2n) is 8.79. The summed E-state index contributed by atoms with van der Waals surface area (Å²) in [7, 11) is 1.65. The van der Waals surface area contributed by atoms with Crippen molar-refractivity contribution in [3.63, 3.8) is 0 Å². The molecule has 0 N–H and O–H groups in total. The van der Waals surface area contributed by atoms with Crippen molar-refractivity contribution in [2.24, 2.45) is 5.10 Å². The molecule has 0 aliphatic heterocycles. The van der Waals surface area contributed by atoms with Crippen molar-refractivity contribution >= 4 is 40.3 Å². The van der Waals surface area contributed by atoms with Gasteiger partial charge < -0.3 is 9.47 Å². The quantitative estimate of drug-likeness (QED) is 0.176. The molecular formula is C29H27Cl2N3O3. The SMILES string of the molecule is C=CCOc1c(Cl)cc(C=Nn2c(-c3cc(C(C)C)c(OC)cc3C)nc3ccccc3c2=O)cc1Cl. The molecule has 1 aromatic heterocycles. The van der Waals surface area contributed by atoms with E-state index >= 15 is 0 Å². The van der Waals surface area contributed by atoms with Gasteiger partial charge in [0.05, 0.1) is 34.3 Å². The summed E-state index contributed by atoms with van der Waals surface area (Å²) in [5, 5.41) is 5.66. The number of fused-ring (bicyclic) bond motifs is 1. The predicted molar refractivity (Wildman–Crippen MR) is 152 cm³/mol. The Morgan fingerprint density at radius 3 is 2.49 bits per heavy atom. The number of benzene rings is 3. The molecular weight excluding hydrogens is 509 g/mol. The average molecular weight is 536 g/mol. The largest absolute Gasteiger partial charge is 0.496 e. The number of hydrogen-bond donors (Lipinski definition) is 0. The van der Waals surface area contributed by atoms with Gasteiger partial charge in [-0.05, 0) is 65.9 Å². The Labute approximate surface area is 225 Å². The molecule has 8 heteroatoms. The van der Waals surface area contributed by atoms with Gasteiger partial charge in [0.25, 0.3) is 5.56 Å². The summed E-state index contributed by atoms with van der Waals surface area (Å²) >= 11 is 12.8. The van der Waals surface area contributed by atoms with Gasteiger partial charge in [0, 0.05) is 5.56 Å². The van der Waals surface area contributed by atoms with Crippen molar-refractivity contribution in [1.82, 2.24) is 9.66 Å². The smallest absolute Gasteiger partial charge is 0.282 e. The molecule has 4 rings (SSSR count). The molecule has 0 unspecified atom stereocenters. The summed E-state index contributed by atoms with van der Waals surface area (Å²) in [5.74, 6) is 1.77. The Morgan fingerprint density at radius 2 is 1.84 bits per heavy atom. The zero-order valence-corrected chi connectivity index (χ0v) is 22.6. The van der Waals surface area contributed by atoms with E-state index in [0.29, 0.717) is 38.1 Å². The summed E-state index contributed by atoms with van der Waals surface area (Å²) in [6.07, 6.45) is 3.13. The van der Waals surface area contributed by atoms with Crippen LogP contribution < -0.4 is 15.0 Å². The fourth-order valence-electron chi connectivity index (χ4n) is 4.03. The first-order valence-corrected chi connectivity index (χ1v) is 12.5. The van der Waals surface area contributed by atoms with E-state index in [4.69, 9.17) is 37.7 Å². The summed E-state index contributed by atoms with van der Waals surface area (Å²) in [6, 6.07) is 14.5. The standard InChI is InChI=1S/C29H27Cl2N3O3/c1-6-11-37-27-23(30)13-19(14-24(27)31)16-32-34-28(33-25-10-8-7-9-20(25)29(34)35)22-15-21(17(2)3)26(36-5)12-18(22)4/h6-10,12-17H,1,11H2,2-5H3. The normalized spacial score (nSPS) is 11.4. The maximum absolute atomic E-state index is 13.6. The summed E-state index contributed by atoms with van der Waals surface area (Å²) < 4.78 is 12.5. The number of methoxy groups -OCH3 is 1. The number of ether oxygens (including phenoxy) is 2. The fourth-order valence-corrected chi connectivity index (χ4v) is 4.64. The molecule has 0 saturated heterocycles. The van der Waals surface area contributed by atoms with Crippen molar-refractivity contribution in [3.8, 4) is 22.9 Å². The van der Waals surface area contributed by atoms with E-state index < -0.39 is 0 Å². The van der Waals surface area contributed by atoms with Gasteiger partial charge >= 0.3 is 0 Å². The van der Waals surface area contributed by atoms with Gasteiger partial charge in [-0.1, -0.05) is 61.8 Å². The Kier molecular flexibility index (Phi) is 8.00. The molecule has 4 aromatic rings. The highest BCUT2D eigenvalue weighted by Gasteiger charge is 2.18. The highest BCUT2D eigenvalue weighted by molar-refractivity contribution is 6.37. The van der Waals surface area contributed by atoms with Crippen LogP contribution in [0.25, 0.3) is 22.3 Å². The zero-order valence-electron chi connectivity index (χ0n) is 21.1. The van der Waals surface area contributed by atoms with Crippen LogP contribution in [-0.2, 0) is 0 Å². The van der Waals surface area contributed by atoms with Crippen molar-refractivity contribution in [3.05, 3.63) is 98.3 Å². The molecule has 3 aromatic carbocycles. The predicted octanol–water partition coefficient (Wildman–Crippen LogP) is 7.26. The first kappa shape index (κ1) is 26.5. The molecule has 0 saturated carbocycles. The lowest BCUT2D eigenvalue weighted by Gasteiger charge is -2.17. The van der Waals surface area contributed by atoms with E-state index in [1.165, 1.54) is 10.9 Å². The third-order valence-electron chi connectivity index (χ3n) is 5.88.